The van der Waals surface area contributed by atoms with Crippen molar-refractivity contribution in [2.45, 2.75) is 18.0 Å². The Balaban J connectivity index is 2.20. The average Bonchev–Trinajstić information content (AvgIpc) is 2.19. The summed E-state index contributed by atoms with van der Waals surface area (Å²) in [5, 5.41) is 9.88. The maximum absolute atomic E-state index is 9.20. The van der Waals surface area contributed by atoms with E-state index in [1.54, 1.807) is 0 Å². The second kappa shape index (κ2) is 6.16. The molecule has 0 spiro atoms. The van der Waals surface area contributed by atoms with Gasteiger partial charge >= 0.3 is 86.4 Å². The van der Waals surface area contributed by atoms with Gasteiger partial charge in [-0.3, -0.25) is 0 Å². The molecule has 1 rings (SSSR count). The van der Waals surface area contributed by atoms with Gasteiger partial charge in [-0.05, 0) is 0 Å². The first kappa shape index (κ1) is 10.7. The van der Waals surface area contributed by atoms with Crippen LogP contribution in [0, 0.1) is 0 Å². The number of ether oxygens (including phenoxy) is 1. The summed E-state index contributed by atoms with van der Waals surface area (Å²) in [6, 6.07) is 9.95. The van der Waals surface area contributed by atoms with E-state index in [1.807, 2.05) is 30.3 Å². The first-order valence-corrected chi connectivity index (χ1v) is 5.56. The van der Waals surface area contributed by atoms with Gasteiger partial charge in [0.25, 0.3) is 0 Å². The van der Waals surface area contributed by atoms with Crippen LogP contribution in [-0.2, 0) is 11.3 Å². The van der Waals surface area contributed by atoms with E-state index in [0.29, 0.717) is 18.5 Å². The van der Waals surface area contributed by atoms with Gasteiger partial charge in [-0.1, -0.05) is 0 Å². The minimum absolute atomic E-state index is 0.358. The second-order valence-corrected chi connectivity index (χ2v) is 3.60. The van der Waals surface area contributed by atoms with Gasteiger partial charge in [0.15, 0.2) is 0 Å². The van der Waals surface area contributed by atoms with E-state index in [2.05, 4.69) is 16.0 Å². The van der Waals surface area contributed by atoms with Gasteiger partial charge in [0.1, 0.15) is 0 Å². The normalized spacial score (nSPS) is 12.8. The van der Waals surface area contributed by atoms with Crippen molar-refractivity contribution in [3.63, 3.8) is 0 Å². The van der Waals surface area contributed by atoms with Crippen LogP contribution in [0.5, 0.6) is 0 Å². The third-order valence-electron chi connectivity index (χ3n) is 1.63. The summed E-state index contributed by atoms with van der Waals surface area (Å²) in [6.45, 7) is 0.981. The Morgan fingerprint density at radius 3 is 2.62 bits per heavy atom. The van der Waals surface area contributed by atoms with Crippen LogP contribution >= 0.6 is 0 Å². The van der Waals surface area contributed by atoms with Gasteiger partial charge in [0, 0.05) is 0 Å². The van der Waals surface area contributed by atoms with E-state index in [-0.39, 0.29) is 6.10 Å². The first-order chi connectivity index (χ1) is 6.33. The van der Waals surface area contributed by atoms with Crippen molar-refractivity contribution in [3.05, 3.63) is 35.9 Å². The molecular formula is C10H14O2Se. The van der Waals surface area contributed by atoms with Gasteiger partial charge in [-0.15, -0.1) is 0 Å². The van der Waals surface area contributed by atoms with Crippen LogP contribution in [0.2, 0.25) is 5.32 Å². The predicted molar refractivity (Wildman–Crippen MR) is 54.1 cm³/mol. The van der Waals surface area contributed by atoms with Crippen LogP contribution in [0.1, 0.15) is 5.56 Å². The topological polar surface area (TPSA) is 29.5 Å². The zero-order valence-corrected chi connectivity index (χ0v) is 9.26. The van der Waals surface area contributed by atoms with Crippen molar-refractivity contribution in [2.75, 3.05) is 6.61 Å². The second-order valence-electron chi connectivity index (χ2n) is 2.84. The van der Waals surface area contributed by atoms with Crippen molar-refractivity contribution in [3.8, 4) is 0 Å². The average molecular weight is 245 g/mol. The fourth-order valence-corrected chi connectivity index (χ4v) is 1.16. The summed E-state index contributed by atoms with van der Waals surface area (Å²) in [4.78, 5) is 0. The molecule has 0 bridgehead atoms. The number of hydrogen-bond donors (Lipinski definition) is 1. The monoisotopic (exact) mass is 246 g/mol. The molecule has 1 atom stereocenters. The molecule has 0 aliphatic rings. The number of aliphatic hydroxyl groups excluding tert-OH is 1. The Morgan fingerprint density at radius 2 is 2.00 bits per heavy atom. The number of rotatable bonds is 5. The van der Waals surface area contributed by atoms with Crippen LogP contribution in [0.4, 0.5) is 0 Å². The van der Waals surface area contributed by atoms with Crippen molar-refractivity contribution >= 4 is 16.0 Å². The summed E-state index contributed by atoms with van der Waals surface area (Å²) in [5.74, 6) is 0. The zero-order valence-electron chi connectivity index (χ0n) is 7.39. The van der Waals surface area contributed by atoms with Gasteiger partial charge < -0.3 is 0 Å². The fourth-order valence-electron chi connectivity index (χ4n) is 0.940. The van der Waals surface area contributed by atoms with E-state index in [4.69, 9.17) is 4.74 Å². The van der Waals surface area contributed by atoms with Gasteiger partial charge in [-0.2, -0.15) is 0 Å². The Kier molecular flexibility index (Phi) is 5.09. The Hall–Kier alpha value is -0.341. The van der Waals surface area contributed by atoms with Crippen LogP contribution in [0.15, 0.2) is 30.3 Å². The van der Waals surface area contributed by atoms with Gasteiger partial charge in [0.05, 0.1) is 0 Å². The molecule has 3 heteroatoms. The fraction of sp³-hybridized carbons (Fsp3) is 0.400. The molecule has 2 nitrogen and oxygen atoms in total. The molecule has 0 radical (unpaired) electrons. The van der Waals surface area contributed by atoms with Crippen LogP contribution in [0.25, 0.3) is 0 Å². The molecule has 1 N–H and O–H groups in total. The van der Waals surface area contributed by atoms with E-state index in [9.17, 15) is 5.11 Å². The van der Waals surface area contributed by atoms with Gasteiger partial charge in [0.2, 0.25) is 0 Å². The van der Waals surface area contributed by atoms with E-state index < -0.39 is 0 Å². The molecule has 0 aromatic heterocycles. The number of hydrogen-bond acceptors (Lipinski definition) is 2. The van der Waals surface area contributed by atoms with Crippen molar-refractivity contribution in [2.24, 2.45) is 0 Å². The van der Waals surface area contributed by atoms with Crippen molar-refractivity contribution < 1.29 is 9.84 Å². The summed E-state index contributed by atoms with van der Waals surface area (Å²) in [5.41, 5.74) is 1.14. The third kappa shape index (κ3) is 4.44. The van der Waals surface area contributed by atoms with Crippen LogP contribution in [0.3, 0.4) is 0 Å². The molecule has 13 heavy (non-hydrogen) atoms. The molecule has 0 aliphatic heterocycles. The van der Waals surface area contributed by atoms with Crippen molar-refractivity contribution in [1.82, 2.24) is 0 Å². The molecule has 0 fully saturated rings. The summed E-state index contributed by atoms with van der Waals surface area (Å²) in [6.07, 6.45) is -0.358. The van der Waals surface area contributed by atoms with E-state index >= 15 is 0 Å². The number of benzene rings is 1. The van der Waals surface area contributed by atoms with Gasteiger partial charge in [-0.25, -0.2) is 0 Å². The SMILES string of the molecule is OC(C[SeH])COCc1ccccc1. The molecule has 1 aromatic rings. The molecule has 0 aliphatic carbocycles. The first-order valence-electron chi connectivity index (χ1n) is 4.23. The van der Waals surface area contributed by atoms with E-state index in [0.717, 1.165) is 5.56 Å². The van der Waals surface area contributed by atoms with Crippen molar-refractivity contribution in [1.29, 1.82) is 0 Å². The standard InChI is InChI=1S/C10H14O2Se/c11-10(8-13)7-12-6-9-4-2-1-3-5-9/h1-5,10-11,13H,6-8H2. The molecule has 0 saturated carbocycles. The quantitative estimate of drug-likeness (QED) is 0.780. The van der Waals surface area contributed by atoms with E-state index in [1.165, 1.54) is 0 Å². The van der Waals surface area contributed by atoms with Crippen LogP contribution < -0.4 is 0 Å². The minimum atomic E-state index is -0.358. The summed E-state index contributed by atoms with van der Waals surface area (Å²) in [7, 11) is 0. The Labute approximate surface area is 86.7 Å². The Morgan fingerprint density at radius 1 is 1.31 bits per heavy atom. The molecule has 0 saturated heterocycles. The molecule has 0 amide bonds. The third-order valence-corrected chi connectivity index (χ3v) is 2.52. The summed E-state index contributed by atoms with van der Waals surface area (Å²) >= 11 is 2.35. The molecular weight excluding hydrogens is 231 g/mol. The molecule has 72 valence electrons. The van der Waals surface area contributed by atoms with Crippen LogP contribution in [-0.4, -0.2) is 33.8 Å². The zero-order chi connectivity index (χ0) is 9.52. The maximum atomic E-state index is 9.20. The number of aliphatic hydroxyl groups is 1. The predicted octanol–water partition coefficient (Wildman–Crippen LogP) is 0.883. The molecule has 0 heterocycles. The molecule has 1 aromatic carbocycles. The summed E-state index contributed by atoms with van der Waals surface area (Å²) < 4.78 is 5.31. The Bertz CT molecular complexity index is 226. The molecule has 1 unspecified atom stereocenters.